The number of benzene rings is 1. The molecule has 1 aliphatic rings. The lowest BCUT2D eigenvalue weighted by Gasteiger charge is -2.11. The van der Waals surface area contributed by atoms with Gasteiger partial charge in [0, 0.05) is 30.1 Å². The number of fused-ring (bicyclic) bond motifs is 1. The van der Waals surface area contributed by atoms with Crippen LogP contribution in [0.2, 0.25) is 0 Å². The Kier molecular flexibility index (Phi) is 3.18. The summed E-state index contributed by atoms with van der Waals surface area (Å²) in [5.74, 6) is 0.824. The van der Waals surface area contributed by atoms with Gasteiger partial charge in [-0.05, 0) is 30.4 Å². The predicted octanol–water partition coefficient (Wildman–Crippen LogP) is 3.57. The van der Waals surface area contributed by atoms with Crippen molar-refractivity contribution in [2.75, 3.05) is 0 Å². The van der Waals surface area contributed by atoms with Crippen LogP contribution in [0.3, 0.4) is 0 Å². The van der Waals surface area contributed by atoms with Gasteiger partial charge in [-0.15, -0.1) is 0 Å². The fourth-order valence-corrected chi connectivity index (χ4v) is 3.20. The third-order valence-electron chi connectivity index (χ3n) is 4.10. The van der Waals surface area contributed by atoms with Crippen molar-refractivity contribution in [2.24, 2.45) is 5.92 Å². The lowest BCUT2D eigenvalue weighted by Crippen LogP contribution is -2.05. The number of hydrogen-bond donors (Lipinski definition) is 0. The largest absolute Gasteiger partial charge is 0.347 e. The summed E-state index contributed by atoms with van der Waals surface area (Å²) in [5.41, 5.74) is 2.44. The molecule has 1 aromatic carbocycles. The van der Waals surface area contributed by atoms with Gasteiger partial charge in [0.05, 0.1) is 0 Å². The average Bonchev–Trinajstić information content (AvgIpc) is 3.00. The molecule has 0 N–H and O–H groups in total. The molecule has 0 bridgehead atoms. The molecule has 2 nitrogen and oxygen atoms in total. The molecule has 3 rings (SSSR count). The van der Waals surface area contributed by atoms with Crippen molar-refractivity contribution in [3.05, 3.63) is 36.0 Å². The molecule has 1 fully saturated rings. The zero-order valence-corrected chi connectivity index (χ0v) is 10.6. The molecule has 1 heterocycles. The Morgan fingerprint density at radius 3 is 2.78 bits per heavy atom. The van der Waals surface area contributed by atoms with Gasteiger partial charge in [-0.2, -0.15) is 0 Å². The number of carbonyl (C=O) groups is 1. The molecule has 0 unspecified atom stereocenters. The van der Waals surface area contributed by atoms with E-state index >= 15 is 0 Å². The lowest BCUT2D eigenvalue weighted by molar-refractivity contribution is -0.107. The minimum absolute atomic E-state index is 0.526. The molecule has 0 radical (unpaired) electrons. The van der Waals surface area contributed by atoms with Crippen molar-refractivity contribution >= 4 is 17.2 Å². The summed E-state index contributed by atoms with van der Waals surface area (Å²) in [6.45, 7) is 1.11. The van der Waals surface area contributed by atoms with Crippen molar-refractivity contribution in [3.8, 4) is 0 Å². The molecule has 1 aromatic heterocycles. The first kappa shape index (κ1) is 11.5. The second kappa shape index (κ2) is 4.97. The first-order valence-electron chi connectivity index (χ1n) is 6.89. The van der Waals surface area contributed by atoms with Crippen molar-refractivity contribution < 1.29 is 4.79 Å². The molecule has 0 saturated heterocycles. The third kappa shape index (κ3) is 2.07. The molecule has 2 heteroatoms. The van der Waals surface area contributed by atoms with Gasteiger partial charge >= 0.3 is 0 Å². The Labute approximate surface area is 108 Å². The van der Waals surface area contributed by atoms with E-state index < -0.39 is 0 Å². The Balaban J connectivity index is 1.97. The van der Waals surface area contributed by atoms with E-state index in [1.807, 2.05) is 0 Å². The SMILES string of the molecule is O=CCc1cn(CC2CCCC2)c2ccccc12. The van der Waals surface area contributed by atoms with Gasteiger partial charge < -0.3 is 9.36 Å². The molecule has 0 atom stereocenters. The average molecular weight is 241 g/mol. The molecular formula is C16H19NO. The van der Waals surface area contributed by atoms with Crippen LogP contribution in [0.25, 0.3) is 10.9 Å². The molecular weight excluding hydrogens is 222 g/mol. The maximum atomic E-state index is 10.8. The minimum Gasteiger partial charge on any atom is -0.347 e. The highest BCUT2D eigenvalue weighted by atomic mass is 16.1. The van der Waals surface area contributed by atoms with Gasteiger partial charge in [-0.25, -0.2) is 0 Å². The van der Waals surface area contributed by atoms with E-state index in [1.54, 1.807) is 0 Å². The number of hydrogen-bond acceptors (Lipinski definition) is 1. The van der Waals surface area contributed by atoms with E-state index in [1.165, 1.54) is 42.1 Å². The van der Waals surface area contributed by atoms with E-state index in [4.69, 9.17) is 0 Å². The number of aldehydes is 1. The zero-order chi connectivity index (χ0) is 12.4. The molecule has 0 amide bonds. The second-order valence-electron chi connectivity index (χ2n) is 5.35. The zero-order valence-electron chi connectivity index (χ0n) is 10.6. The van der Waals surface area contributed by atoms with E-state index in [0.29, 0.717) is 6.42 Å². The monoisotopic (exact) mass is 241 g/mol. The number of rotatable bonds is 4. The van der Waals surface area contributed by atoms with Crippen LogP contribution < -0.4 is 0 Å². The van der Waals surface area contributed by atoms with Crippen molar-refractivity contribution in [2.45, 2.75) is 38.6 Å². The smallest absolute Gasteiger partial charge is 0.124 e. The molecule has 1 aliphatic carbocycles. The second-order valence-corrected chi connectivity index (χ2v) is 5.35. The van der Waals surface area contributed by atoms with Crippen LogP contribution in [-0.4, -0.2) is 10.9 Å². The number of nitrogens with zero attached hydrogens (tertiary/aromatic N) is 1. The van der Waals surface area contributed by atoms with Crippen molar-refractivity contribution in [3.63, 3.8) is 0 Å². The highest BCUT2D eigenvalue weighted by molar-refractivity contribution is 5.85. The summed E-state index contributed by atoms with van der Waals surface area (Å²) in [7, 11) is 0. The molecule has 1 saturated carbocycles. The van der Waals surface area contributed by atoms with Crippen LogP contribution >= 0.6 is 0 Å². The van der Waals surface area contributed by atoms with Gasteiger partial charge in [0.2, 0.25) is 0 Å². The Bertz CT molecular complexity index is 549. The lowest BCUT2D eigenvalue weighted by atomic mass is 10.1. The quantitative estimate of drug-likeness (QED) is 0.750. The van der Waals surface area contributed by atoms with Crippen LogP contribution in [0, 0.1) is 5.92 Å². The van der Waals surface area contributed by atoms with E-state index in [9.17, 15) is 4.79 Å². The number of para-hydroxylation sites is 1. The number of carbonyl (C=O) groups excluding carboxylic acids is 1. The Morgan fingerprint density at radius 2 is 2.00 bits per heavy atom. The van der Waals surface area contributed by atoms with E-state index in [0.717, 1.165) is 18.7 Å². The highest BCUT2D eigenvalue weighted by Crippen LogP contribution is 2.29. The van der Waals surface area contributed by atoms with Crippen molar-refractivity contribution in [1.29, 1.82) is 0 Å². The first-order chi connectivity index (χ1) is 8.88. The van der Waals surface area contributed by atoms with Crippen LogP contribution in [0.1, 0.15) is 31.2 Å². The van der Waals surface area contributed by atoms with Gasteiger partial charge in [-0.3, -0.25) is 0 Å². The fourth-order valence-electron chi connectivity index (χ4n) is 3.20. The maximum Gasteiger partial charge on any atom is 0.124 e. The molecule has 2 aromatic rings. The Morgan fingerprint density at radius 1 is 1.22 bits per heavy atom. The predicted molar refractivity (Wildman–Crippen MR) is 73.7 cm³/mol. The summed E-state index contributed by atoms with van der Waals surface area (Å²) >= 11 is 0. The van der Waals surface area contributed by atoms with E-state index in [-0.39, 0.29) is 0 Å². The fraction of sp³-hybridized carbons (Fsp3) is 0.438. The van der Waals surface area contributed by atoms with Gasteiger partial charge in [0.1, 0.15) is 6.29 Å². The van der Waals surface area contributed by atoms with Gasteiger partial charge in [-0.1, -0.05) is 31.0 Å². The summed E-state index contributed by atoms with van der Waals surface area (Å²) in [6.07, 6.45) is 9.18. The van der Waals surface area contributed by atoms with Gasteiger partial charge in [0.15, 0.2) is 0 Å². The molecule has 0 spiro atoms. The topological polar surface area (TPSA) is 22.0 Å². The summed E-state index contributed by atoms with van der Waals surface area (Å²) in [6, 6.07) is 8.42. The summed E-state index contributed by atoms with van der Waals surface area (Å²) in [5, 5.41) is 1.24. The van der Waals surface area contributed by atoms with Crippen molar-refractivity contribution in [1.82, 2.24) is 4.57 Å². The van der Waals surface area contributed by atoms with Gasteiger partial charge in [0.25, 0.3) is 0 Å². The van der Waals surface area contributed by atoms with Crippen LogP contribution in [0.15, 0.2) is 30.5 Å². The number of aromatic nitrogens is 1. The third-order valence-corrected chi connectivity index (χ3v) is 4.10. The summed E-state index contributed by atoms with van der Waals surface area (Å²) in [4.78, 5) is 10.8. The highest BCUT2D eigenvalue weighted by Gasteiger charge is 2.17. The Hall–Kier alpha value is -1.57. The normalized spacial score (nSPS) is 16.4. The summed E-state index contributed by atoms with van der Waals surface area (Å²) < 4.78 is 2.35. The standard InChI is InChI=1S/C16H19NO/c18-10-9-14-12-17(11-13-5-1-2-6-13)16-8-4-3-7-15(14)16/h3-4,7-8,10,12-13H,1-2,5-6,9,11H2. The molecule has 94 valence electrons. The maximum absolute atomic E-state index is 10.8. The van der Waals surface area contributed by atoms with Crippen LogP contribution in [0.5, 0.6) is 0 Å². The molecule has 18 heavy (non-hydrogen) atoms. The first-order valence-corrected chi connectivity index (χ1v) is 6.89. The van der Waals surface area contributed by atoms with E-state index in [2.05, 4.69) is 35.0 Å². The van der Waals surface area contributed by atoms with Crippen LogP contribution in [-0.2, 0) is 17.8 Å². The minimum atomic E-state index is 0.526. The molecule has 0 aliphatic heterocycles. The van der Waals surface area contributed by atoms with Crippen LogP contribution in [0.4, 0.5) is 0 Å².